The topological polar surface area (TPSA) is 110 Å². The summed E-state index contributed by atoms with van der Waals surface area (Å²) in [7, 11) is 1.45. The van der Waals surface area contributed by atoms with Crippen LogP contribution in [0.4, 0.5) is 15.9 Å². The number of carbonyl (C=O) groups excluding carboxylic acids is 1. The Labute approximate surface area is 177 Å². The molecular formula is C22H23FN4O4. The molecule has 0 atom stereocenters. The molecule has 3 rings (SSSR count). The number of methoxy groups -OCH3 is 1. The number of nitrogen functional groups attached to an aromatic ring is 1. The van der Waals surface area contributed by atoms with Gasteiger partial charge in [-0.05, 0) is 17.2 Å². The van der Waals surface area contributed by atoms with E-state index in [9.17, 15) is 18.8 Å². The number of rotatable bonds is 8. The minimum atomic E-state index is -0.801. The van der Waals surface area contributed by atoms with Crippen LogP contribution in [0.5, 0.6) is 0 Å². The van der Waals surface area contributed by atoms with Gasteiger partial charge in [-0.25, -0.2) is 9.18 Å². The molecule has 1 heterocycles. The van der Waals surface area contributed by atoms with Crippen LogP contribution in [0.1, 0.15) is 11.1 Å². The average molecular weight is 426 g/mol. The summed E-state index contributed by atoms with van der Waals surface area (Å²) in [6.45, 7) is 0.217. The third-order valence-electron chi connectivity index (χ3n) is 4.79. The van der Waals surface area contributed by atoms with Gasteiger partial charge in [0.05, 0.1) is 19.6 Å². The highest BCUT2D eigenvalue weighted by Crippen LogP contribution is 2.19. The molecule has 0 aliphatic carbocycles. The normalized spacial score (nSPS) is 10.8. The van der Waals surface area contributed by atoms with E-state index in [2.05, 4.69) is 4.98 Å². The number of hydrogen-bond acceptors (Lipinski definition) is 5. The Morgan fingerprint density at radius 3 is 2.48 bits per heavy atom. The fourth-order valence-corrected chi connectivity index (χ4v) is 3.21. The van der Waals surface area contributed by atoms with Crippen LogP contribution in [0.15, 0.2) is 64.2 Å². The number of hydrogen-bond donors (Lipinski definition) is 2. The van der Waals surface area contributed by atoms with Crippen molar-refractivity contribution in [3.05, 3.63) is 92.4 Å². The number of nitrogens with zero attached hydrogens (tertiary/aromatic N) is 2. The number of nitrogens with two attached hydrogens (primary N) is 1. The van der Waals surface area contributed by atoms with Gasteiger partial charge in [-0.3, -0.25) is 19.1 Å². The van der Waals surface area contributed by atoms with Gasteiger partial charge >= 0.3 is 5.69 Å². The van der Waals surface area contributed by atoms with Crippen LogP contribution in [-0.4, -0.2) is 35.7 Å². The zero-order valence-electron chi connectivity index (χ0n) is 17.0. The van der Waals surface area contributed by atoms with Crippen molar-refractivity contribution in [1.29, 1.82) is 0 Å². The number of carbonyl (C=O) groups is 1. The summed E-state index contributed by atoms with van der Waals surface area (Å²) < 4.78 is 20.3. The predicted molar refractivity (Wildman–Crippen MR) is 116 cm³/mol. The molecule has 3 aromatic rings. The molecule has 0 unspecified atom stereocenters. The summed E-state index contributed by atoms with van der Waals surface area (Å²) in [5.41, 5.74) is 5.51. The molecule has 0 saturated heterocycles. The number of ether oxygens (including phenoxy) is 1. The van der Waals surface area contributed by atoms with Crippen molar-refractivity contribution in [3.8, 4) is 0 Å². The molecule has 3 N–H and O–H groups in total. The van der Waals surface area contributed by atoms with Crippen molar-refractivity contribution in [1.82, 2.24) is 9.55 Å². The Morgan fingerprint density at radius 2 is 1.81 bits per heavy atom. The lowest BCUT2D eigenvalue weighted by Crippen LogP contribution is -2.43. The molecule has 0 fully saturated rings. The third-order valence-corrected chi connectivity index (χ3v) is 4.79. The fraction of sp³-hybridized carbons (Fsp3) is 0.227. The number of nitrogens with one attached hydrogen (secondary N) is 1. The van der Waals surface area contributed by atoms with Crippen LogP contribution < -0.4 is 21.9 Å². The Morgan fingerprint density at radius 1 is 1.13 bits per heavy atom. The standard InChI is InChI=1S/C22H23FN4O4/c1-31-12-11-26(18(28)13-16-9-5-6-10-17(16)23)19-20(24)27(22(30)25-21(19)29)14-15-7-3-2-4-8-15/h2-10H,11-14,24H2,1H3,(H,25,29,30). The number of halogens is 1. The molecule has 162 valence electrons. The number of benzene rings is 2. The lowest BCUT2D eigenvalue weighted by atomic mass is 10.1. The van der Waals surface area contributed by atoms with Gasteiger partial charge in [0.2, 0.25) is 5.91 Å². The third kappa shape index (κ3) is 5.07. The van der Waals surface area contributed by atoms with Crippen molar-refractivity contribution in [3.63, 3.8) is 0 Å². The summed E-state index contributed by atoms with van der Waals surface area (Å²) in [6.07, 6.45) is -0.285. The summed E-state index contributed by atoms with van der Waals surface area (Å²) in [4.78, 5) is 41.4. The van der Waals surface area contributed by atoms with E-state index in [4.69, 9.17) is 10.5 Å². The molecule has 0 spiro atoms. The minimum Gasteiger partial charge on any atom is -0.383 e. The highest BCUT2D eigenvalue weighted by Gasteiger charge is 2.25. The highest BCUT2D eigenvalue weighted by atomic mass is 19.1. The molecule has 2 aromatic carbocycles. The van der Waals surface area contributed by atoms with Gasteiger partial charge in [0, 0.05) is 13.7 Å². The number of aromatic nitrogens is 2. The molecule has 1 amide bonds. The monoisotopic (exact) mass is 426 g/mol. The fourth-order valence-electron chi connectivity index (χ4n) is 3.21. The predicted octanol–water partition coefficient (Wildman–Crippen LogP) is 1.53. The number of amides is 1. The van der Waals surface area contributed by atoms with Crippen LogP contribution in [0.25, 0.3) is 0 Å². The van der Waals surface area contributed by atoms with Gasteiger partial charge in [-0.2, -0.15) is 0 Å². The largest absolute Gasteiger partial charge is 0.383 e. The van der Waals surface area contributed by atoms with Crippen LogP contribution in [0.2, 0.25) is 0 Å². The van der Waals surface area contributed by atoms with Gasteiger partial charge in [0.1, 0.15) is 11.6 Å². The summed E-state index contributed by atoms with van der Waals surface area (Å²) in [5, 5.41) is 0. The van der Waals surface area contributed by atoms with E-state index in [-0.39, 0.29) is 43.2 Å². The average Bonchev–Trinajstić information content (AvgIpc) is 2.75. The number of aromatic amines is 1. The van der Waals surface area contributed by atoms with Gasteiger partial charge in [-0.15, -0.1) is 0 Å². The van der Waals surface area contributed by atoms with E-state index in [0.29, 0.717) is 0 Å². The van der Waals surface area contributed by atoms with Gasteiger partial charge in [0.25, 0.3) is 5.56 Å². The molecule has 0 saturated carbocycles. The Balaban J connectivity index is 2.03. The van der Waals surface area contributed by atoms with E-state index >= 15 is 0 Å². The maximum Gasteiger partial charge on any atom is 0.330 e. The van der Waals surface area contributed by atoms with Gasteiger partial charge in [0.15, 0.2) is 5.69 Å². The molecule has 8 nitrogen and oxygen atoms in total. The van der Waals surface area contributed by atoms with Crippen LogP contribution >= 0.6 is 0 Å². The zero-order chi connectivity index (χ0) is 22.4. The van der Waals surface area contributed by atoms with Crippen molar-refractivity contribution in [2.24, 2.45) is 0 Å². The summed E-state index contributed by atoms with van der Waals surface area (Å²) in [5.74, 6) is -1.24. The molecular weight excluding hydrogens is 403 g/mol. The molecule has 31 heavy (non-hydrogen) atoms. The van der Waals surface area contributed by atoms with Crippen LogP contribution in [-0.2, 0) is 22.5 Å². The summed E-state index contributed by atoms with van der Waals surface area (Å²) in [6, 6.07) is 15.0. The van der Waals surface area contributed by atoms with Gasteiger partial charge in [-0.1, -0.05) is 48.5 Å². The molecule has 0 aliphatic rings. The Hall–Kier alpha value is -3.72. The molecule has 0 aliphatic heterocycles. The van der Waals surface area contributed by atoms with Crippen molar-refractivity contribution in [2.75, 3.05) is 30.9 Å². The summed E-state index contributed by atoms with van der Waals surface area (Å²) >= 11 is 0. The van der Waals surface area contributed by atoms with Crippen LogP contribution in [0, 0.1) is 5.82 Å². The first-order valence-corrected chi connectivity index (χ1v) is 9.61. The van der Waals surface area contributed by atoms with E-state index in [1.54, 1.807) is 6.07 Å². The van der Waals surface area contributed by atoms with Gasteiger partial charge < -0.3 is 15.4 Å². The molecule has 0 radical (unpaired) electrons. The Kier molecular flexibility index (Phi) is 6.99. The SMILES string of the molecule is COCCN(C(=O)Cc1ccccc1F)c1c(N)n(Cc2ccccc2)c(=O)[nH]c1=O. The van der Waals surface area contributed by atoms with E-state index < -0.39 is 23.0 Å². The zero-order valence-corrected chi connectivity index (χ0v) is 17.0. The second-order valence-corrected chi connectivity index (χ2v) is 6.87. The smallest absolute Gasteiger partial charge is 0.330 e. The molecule has 9 heteroatoms. The maximum atomic E-state index is 14.1. The second-order valence-electron chi connectivity index (χ2n) is 6.87. The van der Waals surface area contributed by atoms with E-state index in [1.165, 1.54) is 29.9 Å². The first-order chi connectivity index (χ1) is 14.9. The maximum absolute atomic E-state index is 14.1. The number of anilines is 2. The van der Waals surface area contributed by atoms with Crippen molar-refractivity contribution < 1.29 is 13.9 Å². The van der Waals surface area contributed by atoms with Crippen LogP contribution in [0.3, 0.4) is 0 Å². The lowest BCUT2D eigenvalue weighted by Gasteiger charge is -2.24. The highest BCUT2D eigenvalue weighted by molar-refractivity contribution is 5.96. The molecule has 0 bridgehead atoms. The quantitative estimate of drug-likeness (QED) is 0.568. The second kappa shape index (κ2) is 9.86. The van der Waals surface area contributed by atoms with E-state index in [1.807, 2.05) is 30.3 Å². The van der Waals surface area contributed by atoms with Crippen molar-refractivity contribution in [2.45, 2.75) is 13.0 Å². The first-order valence-electron chi connectivity index (χ1n) is 9.61. The minimum absolute atomic E-state index is 0.000602. The Bertz CT molecular complexity index is 1170. The lowest BCUT2D eigenvalue weighted by molar-refractivity contribution is -0.118. The first kappa shape index (κ1) is 22.0. The number of H-pyrrole nitrogens is 1. The molecule has 1 aromatic heterocycles. The van der Waals surface area contributed by atoms with E-state index in [0.717, 1.165) is 10.5 Å². The van der Waals surface area contributed by atoms with Crippen molar-refractivity contribution >= 4 is 17.4 Å².